The molecule has 1 aliphatic heterocycles. The van der Waals surface area contributed by atoms with Crippen LogP contribution in [0.15, 0.2) is 206 Å². The first kappa shape index (κ1) is 32.5. The quantitative estimate of drug-likeness (QED) is 0.0894. The molecule has 0 saturated carbocycles. The maximum absolute atomic E-state index is 4.75. The Hall–Kier alpha value is -3.68. The van der Waals surface area contributed by atoms with Gasteiger partial charge >= 0.3 is 0 Å². The van der Waals surface area contributed by atoms with Crippen LogP contribution in [0.25, 0.3) is 0 Å². The van der Waals surface area contributed by atoms with Crippen molar-refractivity contribution in [2.75, 3.05) is 0 Å². The maximum Gasteiger partial charge on any atom is 0.263 e. The van der Waals surface area contributed by atoms with Crippen LogP contribution >= 0.6 is 44.4 Å². The average Bonchev–Trinajstić information content (AvgIpc) is 3.42. The topological polar surface area (TPSA) is 0 Å². The molecule has 238 valence electrons. The Morgan fingerprint density at radius 2 is 0.449 bits per heavy atom. The van der Waals surface area contributed by atoms with Crippen LogP contribution < -0.4 is 31.8 Å². The molecule has 5 heteroatoms. The van der Waals surface area contributed by atoms with E-state index in [4.69, 9.17) is 30.6 Å². The summed E-state index contributed by atoms with van der Waals surface area (Å²) in [7, 11) is 0. The highest BCUT2D eigenvalue weighted by Gasteiger charge is 2.54. The lowest BCUT2D eigenvalue weighted by Gasteiger charge is -2.38. The third-order valence-corrected chi connectivity index (χ3v) is 32.0. The van der Waals surface area contributed by atoms with Crippen molar-refractivity contribution >= 4 is 91.3 Å². The normalized spacial score (nSPS) is 14.0. The molecule has 0 amide bonds. The molecule has 0 radical (unpaired) electrons. The Bertz CT molecular complexity index is 1970. The van der Waals surface area contributed by atoms with Crippen LogP contribution in [-0.2, 0) is 0 Å². The van der Waals surface area contributed by atoms with E-state index in [2.05, 4.69) is 206 Å². The Morgan fingerprint density at radius 1 is 0.265 bits per heavy atom. The standard InChI is InChI=1S/C44H34Br2P2Si/c45-49(46)43(47(35-21-7-1-8-22-35,36-23-9-2-10-24-36)37-25-11-3-12-26-37)41-33-19-20-34-42(41)44(49)48(38-27-13-4-14-28-38,39-29-15-5-16-30-39)40-31-17-6-18-32-40/h1-34H. The minimum Gasteiger partial charge on any atom is -0.0986 e. The second-order valence-electron chi connectivity index (χ2n) is 12.2. The van der Waals surface area contributed by atoms with Crippen LogP contribution in [0.4, 0.5) is 0 Å². The van der Waals surface area contributed by atoms with Gasteiger partial charge in [0.25, 0.3) is 5.31 Å². The molecule has 0 atom stereocenters. The van der Waals surface area contributed by atoms with Gasteiger partial charge in [-0.15, -0.1) is 0 Å². The van der Waals surface area contributed by atoms with E-state index in [9.17, 15) is 0 Å². The summed E-state index contributed by atoms with van der Waals surface area (Å²) < 4.78 is 0. The highest BCUT2D eigenvalue weighted by molar-refractivity contribution is 9.54. The van der Waals surface area contributed by atoms with Crippen LogP contribution in [0, 0.1) is 0 Å². The number of fused-ring (bicyclic) bond motifs is 1. The number of benzene rings is 7. The molecule has 0 N–H and O–H groups in total. The van der Waals surface area contributed by atoms with Gasteiger partial charge in [0.1, 0.15) is 0 Å². The SMILES string of the molecule is Br[Si]1(Br)C(=P(c2ccccc2)(c2ccccc2)c2ccccc2)c2ccccc2C1=P(c1ccccc1)(c1ccccc1)c1ccccc1. The minimum absolute atomic E-state index is 1.34. The largest absolute Gasteiger partial charge is 0.263 e. The molecule has 1 aliphatic rings. The zero-order valence-corrected chi connectivity index (χ0v) is 32.7. The van der Waals surface area contributed by atoms with Gasteiger partial charge in [0.15, 0.2) is 0 Å². The van der Waals surface area contributed by atoms with Crippen molar-refractivity contribution < 1.29 is 0 Å². The van der Waals surface area contributed by atoms with Gasteiger partial charge in [0.05, 0.1) is 0 Å². The lowest BCUT2D eigenvalue weighted by atomic mass is 10.1. The summed E-state index contributed by atoms with van der Waals surface area (Å²) in [4.78, 5) is 3.00. The molecule has 7 aromatic rings. The fraction of sp³-hybridized carbons (Fsp3) is 0. The van der Waals surface area contributed by atoms with E-state index < -0.39 is 19.1 Å². The molecule has 49 heavy (non-hydrogen) atoms. The van der Waals surface area contributed by atoms with Crippen molar-refractivity contribution in [2.24, 2.45) is 0 Å². The van der Waals surface area contributed by atoms with E-state index in [0.29, 0.717) is 0 Å². The van der Waals surface area contributed by atoms with Gasteiger partial charge in [0, 0.05) is 0 Å². The van der Waals surface area contributed by atoms with E-state index in [1.165, 1.54) is 52.8 Å². The first-order valence-corrected chi connectivity index (χ1v) is 26.5. The molecule has 0 bridgehead atoms. The molecule has 7 aromatic carbocycles. The predicted molar refractivity (Wildman–Crippen MR) is 229 cm³/mol. The molecule has 0 unspecified atom stereocenters. The maximum atomic E-state index is 4.75. The molecule has 0 spiro atoms. The molecular formula is C44H34Br2P2Si. The highest BCUT2D eigenvalue weighted by Crippen LogP contribution is 2.60. The fourth-order valence-corrected chi connectivity index (χ4v) is 36.0. The molecule has 1 heterocycles. The van der Waals surface area contributed by atoms with Gasteiger partial charge < -0.3 is 0 Å². The Labute approximate surface area is 306 Å². The smallest absolute Gasteiger partial charge is 0.0986 e. The molecule has 0 saturated heterocycles. The summed E-state index contributed by atoms with van der Waals surface area (Å²) in [5.74, 6) is 0. The predicted octanol–water partition coefficient (Wildman–Crippen LogP) is 9.04. The van der Waals surface area contributed by atoms with E-state index in [0.717, 1.165) is 0 Å². The van der Waals surface area contributed by atoms with Crippen molar-refractivity contribution in [3.8, 4) is 0 Å². The molecule has 0 fully saturated rings. The van der Waals surface area contributed by atoms with Crippen LogP contribution in [0.3, 0.4) is 0 Å². The van der Waals surface area contributed by atoms with E-state index in [-0.39, 0.29) is 0 Å². The summed E-state index contributed by atoms with van der Waals surface area (Å²) >= 11 is 9.50. The van der Waals surface area contributed by atoms with E-state index in [1.54, 1.807) is 0 Å². The second kappa shape index (κ2) is 13.6. The summed E-state index contributed by atoms with van der Waals surface area (Å²) in [6.07, 6.45) is 0. The first-order valence-electron chi connectivity index (χ1n) is 16.5. The van der Waals surface area contributed by atoms with Crippen molar-refractivity contribution in [1.82, 2.24) is 0 Å². The molecule has 0 nitrogen and oxygen atoms in total. The van der Waals surface area contributed by atoms with Crippen LogP contribution in [-0.4, -0.2) is 15.1 Å². The summed E-state index contributed by atoms with van der Waals surface area (Å²) in [5.41, 5.74) is 2.69. The number of halogens is 2. The van der Waals surface area contributed by atoms with Gasteiger partial charge in [-0.05, 0) is 66.6 Å². The zero-order valence-electron chi connectivity index (χ0n) is 26.8. The molecular weight excluding hydrogens is 778 g/mol. The van der Waals surface area contributed by atoms with Gasteiger partial charge in [-0.25, -0.2) is 0 Å². The lowest BCUT2D eigenvalue weighted by Crippen LogP contribution is -2.45. The Balaban J connectivity index is 1.71. The lowest BCUT2D eigenvalue weighted by molar-refractivity contribution is 1.66. The molecule has 0 aromatic heterocycles. The second-order valence-corrected chi connectivity index (χ2v) is 32.2. The zero-order chi connectivity index (χ0) is 33.3. The monoisotopic (exact) mass is 810 g/mol. The third-order valence-electron chi connectivity index (χ3n) is 9.56. The van der Waals surface area contributed by atoms with Gasteiger partial charge in [0.2, 0.25) is 0 Å². The summed E-state index contributed by atoms with van der Waals surface area (Å²) in [6, 6.07) is 77.0. The number of hydrogen-bond acceptors (Lipinski definition) is 0. The van der Waals surface area contributed by atoms with Crippen LogP contribution in [0.5, 0.6) is 0 Å². The van der Waals surface area contributed by atoms with Crippen molar-refractivity contribution in [3.05, 3.63) is 217 Å². The van der Waals surface area contributed by atoms with E-state index >= 15 is 0 Å². The number of rotatable bonds is 6. The first-order chi connectivity index (χ1) is 24.1. The minimum atomic E-state index is -2.91. The van der Waals surface area contributed by atoms with Crippen molar-refractivity contribution in [1.29, 1.82) is 0 Å². The van der Waals surface area contributed by atoms with Gasteiger partial charge in [-0.1, -0.05) is 237 Å². The van der Waals surface area contributed by atoms with Gasteiger partial charge in [-0.3, -0.25) is 0 Å². The average molecular weight is 813 g/mol. The van der Waals surface area contributed by atoms with E-state index in [1.807, 2.05) is 0 Å². The van der Waals surface area contributed by atoms with Crippen molar-refractivity contribution in [3.63, 3.8) is 0 Å². The molecule has 8 rings (SSSR count). The summed E-state index contributed by atoms with van der Waals surface area (Å²) in [5, 5.41) is 5.24. The van der Waals surface area contributed by atoms with Gasteiger partial charge in [-0.2, -0.15) is 0 Å². The number of hydrogen-bond donors (Lipinski definition) is 0. The molecule has 0 aliphatic carbocycles. The Morgan fingerprint density at radius 3 is 0.653 bits per heavy atom. The van der Waals surface area contributed by atoms with Crippen LogP contribution in [0.2, 0.25) is 0 Å². The fourth-order valence-electron chi connectivity index (χ4n) is 7.71. The van der Waals surface area contributed by atoms with Crippen molar-refractivity contribution in [2.45, 2.75) is 0 Å². The van der Waals surface area contributed by atoms with Crippen LogP contribution in [0.1, 0.15) is 11.1 Å². The summed E-state index contributed by atoms with van der Waals surface area (Å²) in [6.45, 7) is -4.91. The Kier molecular flexibility index (Phi) is 9.00. The third kappa shape index (κ3) is 5.22. The highest BCUT2D eigenvalue weighted by atomic mass is 79.9.